The smallest absolute Gasteiger partial charge is 0.253 e. The molecule has 1 N–H and O–H groups in total. The number of carbonyl (C=O) groups is 2. The third kappa shape index (κ3) is 5.68. The van der Waals surface area contributed by atoms with Gasteiger partial charge in [-0.3, -0.25) is 14.5 Å². The van der Waals surface area contributed by atoms with E-state index in [2.05, 4.69) is 24.1 Å². The number of hydrogen-bond donors (Lipinski definition) is 1. The molecule has 2 aliphatic rings. The Morgan fingerprint density at radius 2 is 1.77 bits per heavy atom. The van der Waals surface area contributed by atoms with E-state index < -0.39 is 0 Å². The zero-order valence-corrected chi connectivity index (χ0v) is 19.5. The quantitative estimate of drug-likeness (QED) is 0.662. The van der Waals surface area contributed by atoms with Gasteiger partial charge in [0.1, 0.15) is 0 Å². The van der Waals surface area contributed by atoms with Crippen LogP contribution in [-0.2, 0) is 4.79 Å². The van der Waals surface area contributed by atoms with Crippen LogP contribution in [0.4, 0.5) is 0 Å². The molecule has 5 nitrogen and oxygen atoms in total. The number of hydrogen-bond acceptors (Lipinski definition) is 3. The molecule has 1 aliphatic carbocycles. The molecule has 0 radical (unpaired) electrons. The van der Waals surface area contributed by atoms with E-state index in [0.29, 0.717) is 53.6 Å². The lowest BCUT2D eigenvalue weighted by molar-refractivity contribution is -0.129. The average Bonchev–Trinajstić information content (AvgIpc) is 3.28. The summed E-state index contributed by atoms with van der Waals surface area (Å²) in [5, 5.41) is 4.03. The van der Waals surface area contributed by atoms with Crippen molar-refractivity contribution >= 4 is 35.0 Å². The highest BCUT2D eigenvalue weighted by Crippen LogP contribution is 2.31. The fourth-order valence-electron chi connectivity index (χ4n) is 4.49. The van der Waals surface area contributed by atoms with Gasteiger partial charge in [0.2, 0.25) is 5.91 Å². The highest BCUT2D eigenvalue weighted by atomic mass is 35.5. The predicted octanol–water partition coefficient (Wildman–Crippen LogP) is 4.47. The lowest BCUT2D eigenvalue weighted by Crippen LogP contribution is -2.58. The molecule has 3 rings (SSSR count). The molecule has 7 heteroatoms. The molecule has 0 bridgehead atoms. The van der Waals surface area contributed by atoms with E-state index in [0.717, 1.165) is 25.8 Å². The molecular formula is C23H33Cl2N3O2. The van der Waals surface area contributed by atoms with Gasteiger partial charge < -0.3 is 10.2 Å². The first-order valence-electron chi connectivity index (χ1n) is 11.2. The van der Waals surface area contributed by atoms with Crippen LogP contribution in [0.1, 0.15) is 56.3 Å². The monoisotopic (exact) mass is 453 g/mol. The van der Waals surface area contributed by atoms with Crippen molar-refractivity contribution in [1.82, 2.24) is 15.1 Å². The summed E-state index contributed by atoms with van der Waals surface area (Å²) in [5.74, 6) is 1.02. The molecule has 1 aromatic carbocycles. The molecule has 2 amide bonds. The van der Waals surface area contributed by atoms with Crippen molar-refractivity contribution in [3.05, 3.63) is 33.8 Å². The molecule has 166 valence electrons. The van der Waals surface area contributed by atoms with E-state index in [9.17, 15) is 9.59 Å². The van der Waals surface area contributed by atoms with Crippen molar-refractivity contribution in [2.45, 2.75) is 52.0 Å². The molecule has 1 heterocycles. The lowest BCUT2D eigenvalue weighted by Gasteiger charge is -2.41. The summed E-state index contributed by atoms with van der Waals surface area (Å²) >= 11 is 12.0. The number of piperazine rings is 1. The zero-order valence-electron chi connectivity index (χ0n) is 18.0. The fraction of sp³-hybridized carbons (Fsp3) is 0.652. The van der Waals surface area contributed by atoms with Gasteiger partial charge in [-0.05, 0) is 42.9 Å². The van der Waals surface area contributed by atoms with E-state index in [1.807, 2.05) is 4.90 Å². The zero-order chi connectivity index (χ0) is 21.7. The van der Waals surface area contributed by atoms with Crippen LogP contribution < -0.4 is 5.32 Å². The first kappa shape index (κ1) is 23.4. The third-order valence-corrected chi connectivity index (χ3v) is 7.34. The summed E-state index contributed by atoms with van der Waals surface area (Å²) in [6.07, 6.45) is 5.70. The topological polar surface area (TPSA) is 52.7 Å². The van der Waals surface area contributed by atoms with Crippen molar-refractivity contribution in [3.63, 3.8) is 0 Å². The number of nitrogens with zero attached hydrogens (tertiary/aromatic N) is 2. The molecule has 1 aromatic rings. The van der Waals surface area contributed by atoms with E-state index in [1.165, 1.54) is 12.8 Å². The van der Waals surface area contributed by atoms with Gasteiger partial charge in [0.05, 0.1) is 16.1 Å². The van der Waals surface area contributed by atoms with Crippen LogP contribution in [0, 0.1) is 11.8 Å². The Kier molecular flexibility index (Phi) is 8.44. The molecule has 30 heavy (non-hydrogen) atoms. The summed E-state index contributed by atoms with van der Waals surface area (Å²) in [4.78, 5) is 30.1. The standard InChI is InChI=1S/C23H33Cl2N3O2/c1-3-16(2)15-26-22(29)21(17-6-4-5-7-17)27-10-12-28(13-11-27)23(30)18-8-9-19(24)20(25)14-18/h8-9,14,16-17,21H,3-7,10-13,15H2,1-2H3,(H,26,29). The maximum Gasteiger partial charge on any atom is 0.253 e. The number of halogens is 2. The number of amides is 2. The first-order valence-corrected chi connectivity index (χ1v) is 11.9. The minimum Gasteiger partial charge on any atom is -0.354 e. The second kappa shape index (κ2) is 10.8. The van der Waals surface area contributed by atoms with Crippen LogP contribution >= 0.6 is 23.2 Å². The molecule has 2 fully saturated rings. The van der Waals surface area contributed by atoms with Gasteiger partial charge in [0, 0.05) is 38.3 Å². The minimum absolute atomic E-state index is 0.0353. The number of carbonyl (C=O) groups excluding carboxylic acids is 2. The number of nitrogens with one attached hydrogen (secondary N) is 1. The van der Waals surface area contributed by atoms with E-state index >= 15 is 0 Å². The fourth-order valence-corrected chi connectivity index (χ4v) is 4.79. The summed E-state index contributed by atoms with van der Waals surface area (Å²) in [6, 6.07) is 4.92. The van der Waals surface area contributed by atoms with Crippen molar-refractivity contribution in [3.8, 4) is 0 Å². The molecule has 0 spiro atoms. The normalized spacial score (nSPS) is 20.2. The second-order valence-electron chi connectivity index (χ2n) is 8.71. The Hall–Kier alpha value is -1.30. The van der Waals surface area contributed by atoms with E-state index in [-0.39, 0.29) is 17.9 Å². The van der Waals surface area contributed by atoms with Gasteiger partial charge in [-0.25, -0.2) is 0 Å². The third-order valence-electron chi connectivity index (χ3n) is 6.60. The van der Waals surface area contributed by atoms with Crippen LogP contribution in [0.2, 0.25) is 10.0 Å². The Labute approximate surface area is 190 Å². The summed E-state index contributed by atoms with van der Waals surface area (Å²) < 4.78 is 0. The number of rotatable bonds is 7. The van der Waals surface area contributed by atoms with E-state index in [1.54, 1.807) is 18.2 Å². The largest absolute Gasteiger partial charge is 0.354 e. The van der Waals surface area contributed by atoms with Crippen LogP contribution in [0.15, 0.2) is 18.2 Å². The Morgan fingerprint density at radius 1 is 1.10 bits per heavy atom. The average molecular weight is 454 g/mol. The minimum atomic E-state index is -0.0845. The van der Waals surface area contributed by atoms with Gasteiger partial charge in [0.25, 0.3) is 5.91 Å². The molecule has 2 unspecified atom stereocenters. The van der Waals surface area contributed by atoms with Crippen molar-refractivity contribution < 1.29 is 9.59 Å². The van der Waals surface area contributed by atoms with Gasteiger partial charge in [-0.1, -0.05) is 56.3 Å². The summed E-state index contributed by atoms with van der Waals surface area (Å²) in [5.41, 5.74) is 0.552. The molecule has 0 aromatic heterocycles. The van der Waals surface area contributed by atoms with E-state index in [4.69, 9.17) is 23.2 Å². The Morgan fingerprint density at radius 3 is 2.37 bits per heavy atom. The second-order valence-corrected chi connectivity index (χ2v) is 9.52. The highest BCUT2D eigenvalue weighted by molar-refractivity contribution is 6.42. The van der Waals surface area contributed by atoms with Gasteiger partial charge in [-0.15, -0.1) is 0 Å². The Bertz CT molecular complexity index is 744. The van der Waals surface area contributed by atoms with Crippen molar-refractivity contribution in [2.24, 2.45) is 11.8 Å². The first-order chi connectivity index (χ1) is 14.4. The number of benzene rings is 1. The molecule has 2 atom stereocenters. The highest BCUT2D eigenvalue weighted by Gasteiger charge is 2.37. The maximum absolute atomic E-state index is 13.1. The maximum atomic E-state index is 13.1. The van der Waals surface area contributed by atoms with Crippen LogP contribution in [0.25, 0.3) is 0 Å². The van der Waals surface area contributed by atoms with Crippen LogP contribution in [0.3, 0.4) is 0 Å². The van der Waals surface area contributed by atoms with Gasteiger partial charge >= 0.3 is 0 Å². The Balaban J connectivity index is 1.62. The molecule has 1 saturated carbocycles. The van der Waals surface area contributed by atoms with Crippen LogP contribution in [0.5, 0.6) is 0 Å². The van der Waals surface area contributed by atoms with Gasteiger partial charge in [0.15, 0.2) is 0 Å². The van der Waals surface area contributed by atoms with Gasteiger partial charge in [-0.2, -0.15) is 0 Å². The summed E-state index contributed by atoms with van der Waals surface area (Å²) in [6.45, 7) is 7.69. The molecule has 1 aliphatic heterocycles. The van der Waals surface area contributed by atoms with Crippen molar-refractivity contribution in [1.29, 1.82) is 0 Å². The van der Waals surface area contributed by atoms with Crippen molar-refractivity contribution in [2.75, 3.05) is 32.7 Å². The SMILES string of the molecule is CCC(C)CNC(=O)C(C1CCCC1)N1CCN(C(=O)c2ccc(Cl)c(Cl)c2)CC1. The molecule has 1 saturated heterocycles. The summed E-state index contributed by atoms with van der Waals surface area (Å²) in [7, 11) is 0. The van der Waals surface area contributed by atoms with Crippen LogP contribution in [-0.4, -0.2) is 60.4 Å². The predicted molar refractivity (Wildman–Crippen MR) is 122 cm³/mol. The molecular weight excluding hydrogens is 421 g/mol. The lowest BCUT2D eigenvalue weighted by atomic mass is 9.94.